The van der Waals surface area contributed by atoms with E-state index in [0.717, 1.165) is 0 Å². The van der Waals surface area contributed by atoms with E-state index < -0.39 is 16.0 Å². The lowest BCUT2D eigenvalue weighted by molar-refractivity contribution is -0.120. The highest BCUT2D eigenvalue weighted by molar-refractivity contribution is 7.89. The first-order valence-electron chi connectivity index (χ1n) is 9.42. The van der Waals surface area contributed by atoms with E-state index in [9.17, 15) is 18.0 Å². The number of hydrogen-bond donors (Lipinski definition) is 1. The number of carbonyl (C=O) groups is 2. The third-order valence-electron chi connectivity index (χ3n) is 5.03. The molecule has 1 N–H and O–H groups in total. The van der Waals surface area contributed by atoms with Crippen LogP contribution >= 0.6 is 0 Å². The Morgan fingerprint density at radius 1 is 1.13 bits per heavy atom. The normalized spacial score (nSPS) is 15.2. The molecule has 0 saturated carbocycles. The highest BCUT2D eigenvalue weighted by Crippen LogP contribution is 2.27. The number of hydrogen-bond acceptors (Lipinski definition) is 5. The molecular weight excluding hydrogens is 404 g/mol. The molecule has 1 aliphatic heterocycles. The molecule has 1 amide bonds. The molecule has 1 heterocycles. The van der Waals surface area contributed by atoms with Gasteiger partial charge in [0.1, 0.15) is 0 Å². The van der Waals surface area contributed by atoms with Gasteiger partial charge < -0.3 is 10.1 Å². The highest BCUT2D eigenvalue weighted by atomic mass is 32.2. The van der Waals surface area contributed by atoms with E-state index in [0.29, 0.717) is 24.1 Å². The van der Waals surface area contributed by atoms with E-state index >= 15 is 0 Å². The van der Waals surface area contributed by atoms with Crippen LogP contribution in [0.5, 0.6) is 0 Å². The zero-order valence-electron chi connectivity index (χ0n) is 16.5. The molecule has 0 aromatic heterocycles. The van der Waals surface area contributed by atoms with Crippen LogP contribution in [0.15, 0.2) is 53.4 Å². The molecule has 0 atom stereocenters. The molecule has 0 aliphatic carbocycles. The topological polar surface area (TPSA) is 92.8 Å². The van der Waals surface area contributed by atoms with E-state index in [1.807, 2.05) is 0 Å². The third-order valence-corrected chi connectivity index (χ3v) is 6.99. The minimum Gasteiger partial charge on any atom is -0.465 e. The van der Waals surface area contributed by atoms with Crippen molar-refractivity contribution in [3.63, 3.8) is 0 Å². The van der Waals surface area contributed by atoms with Gasteiger partial charge in [-0.3, -0.25) is 4.79 Å². The van der Waals surface area contributed by atoms with Crippen molar-refractivity contribution in [3.8, 4) is 12.3 Å². The van der Waals surface area contributed by atoms with Gasteiger partial charge in [0.2, 0.25) is 15.9 Å². The van der Waals surface area contributed by atoms with Crippen molar-refractivity contribution >= 4 is 27.6 Å². The highest BCUT2D eigenvalue weighted by Gasteiger charge is 2.34. The van der Waals surface area contributed by atoms with Crippen molar-refractivity contribution in [2.75, 3.05) is 25.5 Å². The Labute approximate surface area is 176 Å². The van der Waals surface area contributed by atoms with Gasteiger partial charge in [0.25, 0.3) is 0 Å². The number of carbonyl (C=O) groups excluding carboxylic acids is 2. The summed E-state index contributed by atoms with van der Waals surface area (Å²) in [7, 11) is -2.68. The molecule has 30 heavy (non-hydrogen) atoms. The number of amides is 1. The fourth-order valence-corrected chi connectivity index (χ4v) is 5.05. The monoisotopic (exact) mass is 426 g/mol. The van der Waals surface area contributed by atoms with Crippen molar-refractivity contribution in [3.05, 3.63) is 59.7 Å². The fraction of sp³-hybridized carbons (Fsp3) is 0.273. The summed E-state index contributed by atoms with van der Waals surface area (Å²) in [5.74, 6) is 1.32. The van der Waals surface area contributed by atoms with Gasteiger partial charge >= 0.3 is 5.97 Å². The maximum atomic E-state index is 13.1. The number of nitrogens with one attached hydrogen (secondary N) is 1. The van der Waals surface area contributed by atoms with Gasteiger partial charge in [-0.05, 0) is 43.2 Å². The van der Waals surface area contributed by atoms with Crippen LogP contribution in [-0.4, -0.2) is 44.8 Å². The fourth-order valence-electron chi connectivity index (χ4n) is 3.40. The molecule has 3 rings (SSSR count). The van der Waals surface area contributed by atoms with Crippen molar-refractivity contribution in [2.45, 2.75) is 17.7 Å². The summed E-state index contributed by atoms with van der Waals surface area (Å²) in [4.78, 5) is 24.4. The number of esters is 1. The largest absolute Gasteiger partial charge is 0.465 e. The molecule has 2 aromatic carbocycles. The molecule has 0 unspecified atom stereocenters. The number of benzene rings is 2. The number of anilines is 1. The first-order valence-corrected chi connectivity index (χ1v) is 10.9. The quantitative estimate of drug-likeness (QED) is 0.586. The Kier molecular flexibility index (Phi) is 6.55. The molecular formula is C22H22N2O5S. The Morgan fingerprint density at radius 3 is 2.50 bits per heavy atom. The minimum absolute atomic E-state index is 0.00624. The second kappa shape index (κ2) is 9.11. The molecule has 1 aliphatic rings. The van der Waals surface area contributed by atoms with Gasteiger partial charge in [0.15, 0.2) is 0 Å². The van der Waals surface area contributed by atoms with E-state index in [4.69, 9.17) is 11.2 Å². The smallest absolute Gasteiger partial charge is 0.339 e. The summed E-state index contributed by atoms with van der Waals surface area (Å²) < 4.78 is 32.1. The van der Waals surface area contributed by atoms with Gasteiger partial charge in [-0.15, -0.1) is 6.42 Å². The summed E-state index contributed by atoms with van der Waals surface area (Å²) in [5.41, 5.74) is 1.27. The van der Waals surface area contributed by atoms with Crippen LogP contribution in [0.25, 0.3) is 0 Å². The Hall–Kier alpha value is -3.15. The zero-order valence-corrected chi connectivity index (χ0v) is 17.3. The van der Waals surface area contributed by atoms with Crippen LogP contribution in [0.4, 0.5) is 5.69 Å². The van der Waals surface area contributed by atoms with Crippen LogP contribution in [0.3, 0.4) is 0 Å². The third kappa shape index (κ3) is 4.53. The Bertz CT molecular complexity index is 1100. The lowest BCUT2D eigenvalue weighted by atomic mass is 9.97. The van der Waals surface area contributed by atoms with E-state index in [1.54, 1.807) is 36.4 Å². The van der Waals surface area contributed by atoms with Crippen LogP contribution in [-0.2, 0) is 19.6 Å². The summed E-state index contributed by atoms with van der Waals surface area (Å²) in [6.45, 7) is 0.362. The molecule has 7 nitrogen and oxygen atoms in total. The second-order valence-electron chi connectivity index (χ2n) is 6.88. The molecule has 0 bridgehead atoms. The lowest BCUT2D eigenvalue weighted by Crippen LogP contribution is -2.41. The molecule has 1 saturated heterocycles. The summed E-state index contributed by atoms with van der Waals surface area (Å²) in [6.07, 6.45) is 6.13. The predicted octanol–water partition coefficient (Wildman–Crippen LogP) is 2.49. The SMILES string of the molecule is C#Cc1cccc(NC(=O)C2CCN(S(=O)(=O)c3ccccc3C(=O)OC)CC2)c1. The Morgan fingerprint density at radius 2 is 1.83 bits per heavy atom. The average Bonchev–Trinajstić information content (AvgIpc) is 2.78. The molecule has 0 spiro atoms. The van der Waals surface area contributed by atoms with Gasteiger partial charge in [0, 0.05) is 30.3 Å². The van der Waals surface area contributed by atoms with Crippen LogP contribution < -0.4 is 5.32 Å². The molecule has 2 aromatic rings. The number of methoxy groups -OCH3 is 1. The van der Waals surface area contributed by atoms with E-state index in [-0.39, 0.29) is 35.4 Å². The first-order chi connectivity index (χ1) is 14.4. The lowest BCUT2D eigenvalue weighted by Gasteiger charge is -2.31. The van der Waals surface area contributed by atoms with Gasteiger partial charge in [-0.2, -0.15) is 4.31 Å². The number of terminal acetylenes is 1. The van der Waals surface area contributed by atoms with E-state index in [2.05, 4.69) is 11.2 Å². The number of sulfonamides is 1. The van der Waals surface area contributed by atoms with E-state index in [1.165, 1.54) is 23.5 Å². The number of ether oxygens (including phenoxy) is 1. The zero-order chi connectivity index (χ0) is 21.7. The summed E-state index contributed by atoms with van der Waals surface area (Å²) >= 11 is 0. The van der Waals surface area contributed by atoms with Crippen molar-refractivity contribution in [2.24, 2.45) is 5.92 Å². The van der Waals surface area contributed by atoms with Crippen LogP contribution in [0.2, 0.25) is 0 Å². The van der Waals surface area contributed by atoms with Crippen molar-refractivity contribution in [1.29, 1.82) is 0 Å². The average molecular weight is 426 g/mol. The standard InChI is InChI=1S/C22H22N2O5S/c1-3-16-7-6-8-18(15-16)23-21(25)17-11-13-24(14-12-17)30(27,28)20-10-5-4-9-19(20)22(26)29-2/h1,4-10,15,17H,11-14H2,2H3,(H,23,25). The number of piperidine rings is 1. The molecule has 156 valence electrons. The van der Waals surface area contributed by atoms with Crippen molar-refractivity contribution in [1.82, 2.24) is 4.31 Å². The van der Waals surface area contributed by atoms with Gasteiger partial charge in [-0.1, -0.05) is 24.1 Å². The van der Waals surface area contributed by atoms with Crippen molar-refractivity contribution < 1.29 is 22.7 Å². The van der Waals surface area contributed by atoms with Gasteiger partial charge in [-0.25, -0.2) is 13.2 Å². The Balaban J connectivity index is 1.68. The maximum absolute atomic E-state index is 13.1. The van der Waals surface area contributed by atoms with Gasteiger partial charge in [0.05, 0.1) is 17.6 Å². The summed E-state index contributed by atoms with van der Waals surface area (Å²) in [5, 5.41) is 2.84. The van der Waals surface area contributed by atoms with Crippen LogP contribution in [0, 0.1) is 18.3 Å². The maximum Gasteiger partial charge on any atom is 0.339 e. The first kappa shape index (κ1) is 21.6. The molecule has 0 radical (unpaired) electrons. The predicted molar refractivity (Wildman–Crippen MR) is 112 cm³/mol. The molecule has 1 fully saturated rings. The second-order valence-corrected chi connectivity index (χ2v) is 8.79. The minimum atomic E-state index is -3.89. The summed E-state index contributed by atoms with van der Waals surface area (Å²) in [6, 6.07) is 12.9. The number of rotatable bonds is 5. The van der Waals surface area contributed by atoms with Crippen LogP contribution in [0.1, 0.15) is 28.8 Å². The number of nitrogens with zero attached hydrogens (tertiary/aromatic N) is 1. The molecule has 8 heteroatoms.